The lowest BCUT2D eigenvalue weighted by molar-refractivity contribution is -0.156. The van der Waals surface area contributed by atoms with Gasteiger partial charge in [0.25, 0.3) is 5.56 Å². The SMILES string of the molecule is C[C@@H](Oc1ccc(C(C)(C)C)cc1)C(=O)O[C@H](C)c1nc2ccccc2c(=O)[nH]1. The van der Waals surface area contributed by atoms with Crippen molar-refractivity contribution < 1.29 is 14.3 Å². The molecule has 6 nitrogen and oxygen atoms in total. The van der Waals surface area contributed by atoms with Crippen LogP contribution in [0, 0.1) is 0 Å². The Morgan fingerprint density at radius 1 is 1.03 bits per heavy atom. The molecule has 0 saturated heterocycles. The number of nitrogens with one attached hydrogen (secondary N) is 1. The zero-order valence-corrected chi connectivity index (χ0v) is 17.4. The highest BCUT2D eigenvalue weighted by Crippen LogP contribution is 2.25. The van der Waals surface area contributed by atoms with Crippen molar-refractivity contribution >= 4 is 16.9 Å². The average Bonchev–Trinajstić information content (AvgIpc) is 2.67. The summed E-state index contributed by atoms with van der Waals surface area (Å²) < 4.78 is 11.2. The Kier molecular flexibility index (Phi) is 5.73. The van der Waals surface area contributed by atoms with E-state index in [9.17, 15) is 9.59 Å². The number of aromatic amines is 1. The Hall–Kier alpha value is -3.15. The van der Waals surface area contributed by atoms with Gasteiger partial charge < -0.3 is 14.5 Å². The van der Waals surface area contributed by atoms with Crippen LogP contribution in [0.4, 0.5) is 0 Å². The number of para-hydroxylation sites is 1. The van der Waals surface area contributed by atoms with Crippen molar-refractivity contribution in [1.29, 1.82) is 0 Å². The van der Waals surface area contributed by atoms with E-state index in [-0.39, 0.29) is 11.0 Å². The smallest absolute Gasteiger partial charge is 0.347 e. The topological polar surface area (TPSA) is 81.3 Å². The van der Waals surface area contributed by atoms with Gasteiger partial charge in [-0.2, -0.15) is 0 Å². The Balaban J connectivity index is 1.67. The van der Waals surface area contributed by atoms with Gasteiger partial charge in [-0.25, -0.2) is 9.78 Å². The first-order valence-electron chi connectivity index (χ1n) is 9.62. The van der Waals surface area contributed by atoms with Crippen LogP contribution in [0.25, 0.3) is 10.9 Å². The van der Waals surface area contributed by atoms with Crippen LogP contribution in [-0.4, -0.2) is 22.0 Å². The van der Waals surface area contributed by atoms with Gasteiger partial charge in [0.1, 0.15) is 5.75 Å². The molecule has 3 aromatic rings. The lowest BCUT2D eigenvalue weighted by Crippen LogP contribution is -2.28. The maximum atomic E-state index is 12.4. The normalized spacial score (nSPS) is 13.7. The number of esters is 1. The lowest BCUT2D eigenvalue weighted by Gasteiger charge is -2.20. The van der Waals surface area contributed by atoms with Crippen molar-refractivity contribution in [2.24, 2.45) is 0 Å². The molecule has 2 aromatic carbocycles. The van der Waals surface area contributed by atoms with Crippen molar-refractivity contribution in [3.8, 4) is 5.75 Å². The quantitative estimate of drug-likeness (QED) is 0.653. The molecule has 0 unspecified atom stereocenters. The third-order valence-corrected chi connectivity index (χ3v) is 4.67. The van der Waals surface area contributed by atoms with E-state index in [0.717, 1.165) is 0 Å². The predicted molar refractivity (Wildman–Crippen MR) is 112 cm³/mol. The highest BCUT2D eigenvalue weighted by Gasteiger charge is 2.22. The number of hydrogen-bond donors (Lipinski definition) is 1. The minimum atomic E-state index is -0.801. The highest BCUT2D eigenvalue weighted by molar-refractivity contribution is 5.77. The van der Waals surface area contributed by atoms with Gasteiger partial charge in [-0.1, -0.05) is 45.0 Å². The fourth-order valence-electron chi connectivity index (χ4n) is 2.91. The summed E-state index contributed by atoms with van der Waals surface area (Å²) in [7, 11) is 0. The largest absolute Gasteiger partial charge is 0.479 e. The Bertz CT molecular complexity index is 1060. The maximum absolute atomic E-state index is 12.4. The van der Waals surface area contributed by atoms with Crippen molar-refractivity contribution in [2.45, 2.75) is 52.2 Å². The van der Waals surface area contributed by atoms with Gasteiger partial charge in [-0.05, 0) is 49.1 Å². The van der Waals surface area contributed by atoms with Crippen LogP contribution in [0.5, 0.6) is 5.75 Å². The third kappa shape index (κ3) is 4.83. The predicted octanol–water partition coefficient (Wildman–Crippen LogP) is 4.29. The molecular formula is C23H26N2O4. The molecule has 3 rings (SSSR count). The summed E-state index contributed by atoms with van der Waals surface area (Å²) in [5, 5.41) is 0.491. The first kappa shape index (κ1) is 20.6. The molecule has 0 saturated carbocycles. The van der Waals surface area contributed by atoms with Crippen molar-refractivity contribution in [1.82, 2.24) is 9.97 Å². The zero-order valence-electron chi connectivity index (χ0n) is 17.4. The summed E-state index contributed by atoms with van der Waals surface area (Å²) in [6.07, 6.45) is -1.51. The van der Waals surface area contributed by atoms with E-state index >= 15 is 0 Å². The van der Waals surface area contributed by atoms with Gasteiger partial charge in [0, 0.05) is 0 Å². The number of carbonyl (C=O) groups is 1. The van der Waals surface area contributed by atoms with Crippen LogP contribution in [0.2, 0.25) is 0 Å². The number of hydrogen-bond acceptors (Lipinski definition) is 5. The molecule has 0 fully saturated rings. The highest BCUT2D eigenvalue weighted by atomic mass is 16.6. The van der Waals surface area contributed by atoms with Crippen LogP contribution in [-0.2, 0) is 14.9 Å². The Morgan fingerprint density at radius 3 is 2.34 bits per heavy atom. The summed E-state index contributed by atoms with van der Waals surface area (Å²) in [4.78, 5) is 31.7. The molecule has 0 bridgehead atoms. The van der Waals surface area contributed by atoms with Crippen molar-refractivity contribution in [2.75, 3.05) is 0 Å². The monoisotopic (exact) mass is 394 g/mol. The summed E-state index contributed by atoms with van der Waals surface area (Å²) in [6.45, 7) is 9.69. The van der Waals surface area contributed by atoms with E-state index in [2.05, 4.69) is 30.7 Å². The first-order chi connectivity index (χ1) is 13.6. The average molecular weight is 394 g/mol. The minimum absolute atomic E-state index is 0.0439. The third-order valence-electron chi connectivity index (χ3n) is 4.67. The second-order valence-corrected chi connectivity index (χ2v) is 8.08. The molecule has 0 aliphatic heterocycles. The van der Waals surface area contributed by atoms with Gasteiger partial charge >= 0.3 is 5.97 Å². The molecule has 152 valence electrons. The van der Waals surface area contributed by atoms with E-state index in [1.165, 1.54) is 5.56 Å². The molecule has 1 heterocycles. The summed E-state index contributed by atoms with van der Waals surface area (Å²) in [6, 6.07) is 14.7. The van der Waals surface area contributed by atoms with Gasteiger partial charge in [0.05, 0.1) is 10.9 Å². The summed E-state index contributed by atoms with van der Waals surface area (Å²) in [5.74, 6) is 0.351. The van der Waals surface area contributed by atoms with Crippen LogP contribution < -0.4 is 10.3 Å². The number of fused-ring (bicyclic) bond motifs is 1. The number of nitrogens with zero attached hydrogens (tertiary/aromatic N) is 1. The fourth-order valence-corrected chi connectivity index (χ4v) is 2.91. The molecule has 29 heavy (non-hydrogen) atoms. The van der Waals surface area contributed by atoms with Crippen LogP contribution >= 0.6 is 0 Å². The minimum Gasteiger partial charge on any atom is -0.479 e. The van der Waals surface area contributed by atoms with Gasteiger partial charge in [-0.3, -0.25) is 4.79 Å². The van der Waals surface area contributed by atoms with Gasteiger partial charge in [-0.15, -0.1) is 0 Å². The molecule has 2 atom stereocenters. The Morgan fingerprint density at radius 2 is 1.69 bits per heavy atom. The van der Waals surface area contributed by atoms with E-state index in [0.29, 0.717) is 22.5 Å². The zero-order chi connectivity index (χ0) is 21.2. The van der Waals surface area contributed by atoms with Crippen LogP contribution in [0.1, 0.15) is 52.1 Å². The fraction of sp³-hybridized carbons (Fsp3) is 0.348. The molecular weight excluding hydrogens is 368 g/mol. The number of H-pyrrole nitrogens is 1. The molecule has 0 spiro atoms. The van der Waals surface area contributed by atoms with Gasteiger partial charge in [0.15, 0.2) is 18.0 Å². The van der Waals surface area contributed by atoms with E-state index < -0.39 is 18.2 Å². The van der Waals surface area contributed by atoms with E-state index in [1.807, 2.05) is 24.3 Å². The molecule has 6 heteroatoms. The second kappa shape index (κ2) is 8.07. The maximum Gasteiger partial charge on any atom is 0.347 e. The number of carbonyl (C=O) groups excluding carboxylic acids is 1. The molecule has 1 N–H and O–H groups in total. The van der Waals surface area contributed by atoms with Gasteiger partial charge in [0.2, 0.25) is 0 Å². The second-order valence-electron chi connectivity index (χ2n) is 8.08. The number of ether oxygens (including phenoxy) is 2. The molecule has 0 aliphatic rings. The van der Waals surface area contributed by atoms with Crippen molar-refractivity contribution in [3.05, 3.63) is 70.3 Å². The van der Waals surface area contributed by atoms with E-state index in [1.54, 1.807) is 38.1 Å². The molecule has 0 amide bonds. The number of aromatic nitrogens is 2. The standard InChI is InChI=1S/C23H26N2O4/c1-14(20-24-19-9-7-6-8-18(19)21(26)25-20)29-22(27)15(2)28-17-12-10-16(11-13-17)23(3,4)5/h6-15H,1-5H3,(H,24,25,26)/t14-,15-/m1/s1. The number of benzene rings is 2. The molecule has 0 radical (unpaired) electrons. The molecule has 0 aliphatic carbocycles. The summed E-state index contributed by atoms with van der Waals surface area (Å²) >= 11 is 0. The van der Waals surface area contributed by atoms with Crippen LogP contribution in [0.15, 0.2) is 53.3 Å². The summed E-state index contributed by atoms with van der Waals surface area (Å²) in [5.41, 5.74) is 1.51. The number of rotatable bonds is 5. The first-order valence-corrected chi connectivity index (χ1v) is 9.62. The van der Waals surface area contributed by atoms with E-state index in [4.69, 9.17) is 9.47 Å². The molecule has 1 aromatic heterocycles. The van der Waals surface area contributed by atoms with Crippen molar-refractivity contribution in [3.63, 3.8) is 0 Å². The Labute approximate surface area is 169 Å². The van der Waals surface area contributed by atoms with Crippen LogP contribution in [0.3, 0.4) is 0 Å². The lowest BCUT2D eigenvalue weighted by atomic mass is 9.87.